The zero-order valence-corrected chi connectivity index (χ0v) is 8.95. The quantitative estimate of drug-likeness (QED) is 0.833. The summed E-state index contributed by atoms with van der Waals surface area (Å²) in [6.45, 7) is 0. The van der Waals surface area contributed by atoms with Gasteiger partial charge in [-0.3, -0.25) is 0 Å². The lowest BCUT2D eigenvalue weighted by Gasteiger charge is -2.21. The number of benzene rings is 1. The van der Waals surface area contributed by atoms with Crippen molar-refractivity contribution >= 4 is 23.8 Å². The van der Waals surface area contributed by atoms with Crippen molar-refractivity contribution in [2.45, 2.75) is 10.3 Å². The van der Waals surface area contributed by atoms with Crippen LogP contribution in [0.2, 0.25) is 0 Å². The summed E-state index contributed by atoms with van der Waals surface area (Å²) in [5.41, 5.74) is 0.812. The second-order valence-corrected chi connectivity index (χ2v) is 4.23. The van der Waals surface area contributed by atoms with Gasteiger partial charge in [0.2, 0.25) is 0 Å². The Hall–Kier alpha value is -1.26. The first-order valence-corrected chi connectivity index (χ1v) is 5.33. The Morgan fingerprint density at radius 1 is 1.47 bits per heavy atom. The fourth-order valence-electron chi connectivity index (χ4n) is 1.46. The molecule has 1 unspecified atom stereocenters. The molecule has 0 saturated carbocycles. The van der Waals surface area contributed by atoms with Gasteiger partial charge < -0.3 is 9.84 Å². The molecule has 0 saturated heterocycles. The number of fused-ring (bicyclic) bond motifs is 1. The van der Waals surface area contributed by atoms with E-state index in [4.69, 9.17) is 9.84 Å². The van der Waals surface area contributed by atoms with Crippen molar-refractivity contribution in [2.24, 2.45) is 0 Å². The molecule has 0 fully saturated rings. The summed E-state index contributed by atoms with van der Waals surface area (Å²) in [5.74, 6) is -0.927. The van der Waals surface area contributed by atoms with Crippen molar-refractivity contribution in [3.8, 4) is 0 Å². The van der Waals surface area contributed by atoms with Crippen molar-refractivity contribution in [2.75, 3.05) is 7.11 Å². The number of ether oxygens (including phenoxy) is 1. The van der Waals surface area contributed by atoms with E-state index in [-0.39, 0.29) is 0 Å². The van der Waals surface area contributed by atoms with Crippen molar-refractivity contribution < 1.29 is 14.6 Å². The SMILES string of the molecule is COC1Sc2ccccc2C=C1C(=O)O. The fraction of sp³-hybridized carbons (Fsp3) is 0.182. The highest BCUT2D eigenvalue weighted by molar-refractivity contribution is 8.00. The van der Waals surface area contributed by atoms with Crippen molar-refractivity contribution in [3.05, 3.63) is 35.4 Å². The van der Waals surface area contributed by atoms with Gasteiger partial charge in [0, 0.05) is 12.0 Å². The third kappa shape index (κ3) is 1.91. The highest BCUT2D eigenvalue weighted by Crippen LogP contribution is 2.37. The Balaban J connectivity index is 2.46. The van der Waals surface area contributed by atoms with Gasteiger partial charge in [-0.05, 0) is 17.7 Å². The van der Waals surface area contributed by atoms with Gasteiger partial charge >= 0.3 is 5.97 Å². The number of methoxy groups -OCH3 is 1. The van der Waals surface area contributed by atoms with Gasteiger partial charge in [-0.15, -0.1) is 0 Å². The molecule has 0 aromatic heterocycles. The van der Waals surface area contributed by atoms with Gasteiger partial charge in [0.1, 0.15) is 5.44 Å². The summed E-state index contributed by atoms with van der Waals surface area (Å²) in [4.78, 5) is 12.0. The van der Waals surface area contributed by atoms with E-state index >= 15 is 0 Å². The minimum absolute atomic E-state index is 0.293. The first-order chi connectivity index (χ1) is 7.22. The zero-order valence-electron chi connectivity index (χ0n) is 8.14. The lowest BCUT2D eigenvalue weighted by molar-refractivity contribution is -0.133. The van der Waals surface area contributed by atoms with Crippen LogP contribution in [0.5, 0.6) is 0 Å². The molecule has 0 radical (unpaired) electrons. The molecular formula is C11H10O3S. The molecule has 1 aromatic rings. The number of thioether (sulfide) groups is 1. The number of carboxylic acid groups (broad SMARTS) is 1. The molecule has 78 valence electrons. The number of carboxylic acids is 1. The first-order valence-electron chi connectivity index (χ1n) is 4.45. The number of carbonyl (C=O) groups is 1. The lowest BCUT2D eigenvalue weighted by atomic mass is 10.1. The molecule has 1 aromatic carbocycles. The Morgan fingerprint density at radius 2 is 2.20 bits per heavy atom. The highest BCUT2D eigenvalue weighted by atomic mass is 32.2. The van der Waals surface area contributed by atoms with Crippen LogP contribution in [-0.4, -0.2) is 23.6 Å². The standard InChI is InChI=1S/C11H10O3S/c1-14-11-8(10(12)13)6-7-4-2-3-5-9(7)15-11/h2-6,11H,1H3,(H,12,13). The van der Waals surface area contributed by atoms with Gasteiger partial charge in [-0.1, -0.05) is 30.0 Å². The summed E-state index contributed by atoms with van der Waals surface area (Å²) >= 11 is 1.42. The Kier molecular flexibility index (Phi) is 2.79. The van der Waals surface area contributed by atoms with Crippen LogP contribution >= 0.6 is 11.8 Å². The molecule has 15 heavy (non-hydrogen) atoms. The van der Waals surface area contributed by atoms with Crippen molar-refractivity contribution in [1.29, 1.82) is 0 Å². The predicted octanol–water partition coefficient (Wildman–Crippen LogP) is 2.23. The van der Waals surface area contributed by atoms with E-state index in [1.165, 1.54) is 18.9 Å². The van der Waals surface area contributed by atoms with Crippen LogP contribution in [0.25, 0.3) is 6.08 Å². The average Bonchev–Trinajstić information content (AvgIpc) is 2.27. The van der Waals surface area contributed by atoms with Crippen LogP contribution in [-0.2, 0) is 9.53 Å². The van der Waals surface area contributed by atoms with Crippen LogP contribution in [0, 0.1) is 0 Å². The van der Waals surface area contributed by atoms with Crippen LogP contribution in [0.3, 0.4) is 0 Å². The summed E-state index contributed by atoms with van der Waals surface area (Å²) in [6, 6.07) is 7.68. The normalized spacial score (nSPS) is 19.3. The number of rotatable bonds is 2. The molecular weight excluding hydrogens is 212 g/mol. The highest BCUT2D eigenvalue weighted by Gasteiger charge is 2.26. The van der Waals surface area contributed by atoms with Crippen LogP contribution in [0.1, 0.15) is 5.56 Å². The predicted molar refractivity (Wildman–Crippen MR) is 58.7 cm³/mol. The fourth-order valence-corrected chi connectivity index (χ4v) is 2.50. The van der Waals surface area contributed by atoms with Gasteiger partial charge in [0.05, 0.1) is 5.57 Å². The molecule has 1 atom stereocenters. The Labute approximate surface area is 91.8 Å². The monoisotopic (exact) mass is 222 g/mol. The van der Waals surface area contributed by atoms with Crippen LogP contribution in [0.4, 0.5) is 0 Å². The molecule has 0 bridgehead atoms. The maximum absolute atomic E-state index is 11.0. The molecule has 3 nitrogen and oxygen atoms in total. The van der Waals surface area contributed by atoms with E-state index in [2.05, 4.69) is 0 Å². The lowest BCUT2D eigenvalue weighted by Crippen LogP contribution is -2.19. The number of aliphatic carboxylic acids is 1. The van der Waals surface area contributed by atoms with Crippen LogP contribution < -0.4 is 0 Å². The molecule has 2 rings (SSSR count). The van der Waals surface area contributed by atoms with Gasteiger partial charge in [0.15, 0.2) is 0 Å². The van der Waals surface area contributed by atoms with E-state index in [0.717, 1.165) is 10.5 Å². The number of hydrogen-bond acceptors (Lipinski definition) is 3. The first kappa shape index (κ1) is 10.3. The van der Waals surface area contributed by atoms with Crippen molar-refractivity contribution in [3.63, 3.8) is 0 Å². The second kappa shape index (κ2) is 4.08. The average molecular weight is 222 g/mol. The third-order valence-corrected chi connectivity index (χ3v) is 3.47. The van der Waals surface area contributed by atoms with E-state index in [1.807, 2.05) is 24.3 Å². The van der Waals surface area contributed by atoms with E-state index in [9.17, 15) is 4.79 Å². The molecule has 1 heterocycles. The molecule has 0 aliphatic carbocycles. The second-order valence-electron chi connectivity index (χ2n) is 3.13. The smallest absolute Gasteiger partial charge is 0.335 e. The third-order valence-electron chi connectivity index (χ3n) is 2.18. The van der Waals surface area contributed by atoms with Crippen LogP contribution in [0.15, 0.2) is 34.7 Å². The largest absolute Gasteiger partial charge is 0.478 e. The Morgan fingerprint density at radius 3 is 2.87 bits per heavy atom. The van der Waals surface area contributed by atoms with Gasteiger partial charge in [-0.25, -0.2) is 4.79 Å². The Bertz CT molecular complexity index is 426. The summed E-state index contributed by atoms with van der Waals surface area (Å²) in [5, 5.41) is 9.00. The van der Waals surface area contributed by atoms with Gasteiger partial charge in [-0.2, -0.15) is 0 Å². The summed E-state index contributed by atoms with van der Waals surface area (Å²) < 4.78 is 5.14. The van der Waals surface area contributed by atoms with E-state index < -0.39 is 11.4 Å². The molecule has 1 N–H and O–H groups in total. The number of hydrogen-bond donors (Lipinski definition) is 1. The minimum Gasteiger partial charge on any atom is -0.478 e. The molecule has 1 aliphatic rings. The van der Waals surface area contributed by atoms with E-state index in [0.29, 0.717) is 5.57 Å². The van der Waals surface area contributed by atoms with E-state index in [1.54, 1.807) is 6.08 Å². The molecule has 0 amide bonds. The molecule has 4 heteroatoms. The summed E-state index contributed by atoms with van der Waals surface area (Å²) in [6.07, 6.45) is 1.67. The minimum atomic E-state index is -0.927. The topological polar surface area (TPSA) is 46.5 Å². The molecule has 0 spiro atoms. The summed E-state index contributed by atoms with van der Waals surface area (Å²) in [7, 11) is 1.52. The molecule has 1 aliphatic heterocycles. The maximum Gasteiger partial charge on any atom is 0.335 e. The maximum atomic E-state index is 11.0. The van der Waals surface area contributed by atoms with Gasteiger partial charge in [0.25, 0.3) is 0 Å². The van der Waals surface area contributed by atoms with Crippen molar-refractivity contribution in [1.82, 2.24) is 0 Å². The zero-order chi connectivity index (χ0) is 10.8.